The minimum atomic E-state index is -3.42. The molecule has 1 aromatic carbocycles. The molecule has 0 spiro atoms. The lowest BCUT2D eigenvalue weighted by atomic mass is 9.86. The number of nitrogens with one attached hydrogen (secondary N) is 2. The average Bonchev–Trinajstić information content (AvgIpc) is 2.65. The predicted octanol–water partition coefficient (Wildman–Crippen LogP) is 0.271. The smallest absolute Gasteiger partial charge is 0.275 e. The van der Waals surface area contributed by atoms with Crippen LogP contribution in [0.15, 0.2) is 35.2 Å². The molecule has 2 atom stereocenters. The maximum Gasteiger partial charge on any atom is 0.275 e. The van der Waals surface area contributed by atoms with Crippen molar-refractivity contribution >= 4 is 15.9 Å². The second kappa shape index (κ2) is 8.50. The summed E-state index contributed by atoms with van der Waals surface area (Å²) in [7, 11) is -3.42. The normalized spacial score (nSPS) is 25.7. The minimum absolute atomic E-state index is 0.0955. The Labute approximate surface area is 156 Å². The summed E-state index contributed by atoms with van der Waals surface area (Å²) in [6, 6.07) is 8.86. The van der Waals surface area contributed by atoms with Gasteiger partial charge in [-0.3, -0.25) is 4.79 Å². The second-order valence-corrected chi connectivity index (χ2v) is 9.52. The summed E-state index contributed by atoms with van der Waals surface area (Å²) >= 11 is 0. The van der Waals surface area contributed by atoms with E-state index in [2.05, 4.69) is 12.2 Å². The van der Waals surface area contributed by atoms with Gasteiger partial charge in [-0.1, -0.05) is 38.0 Å². The molecule has 26 heavy (non-hydrogen) atoms. The van der Waals surface area contributed by atoms with E-state index in [0.717, 1.165) is 11.3 Å². The van der Waals surface area contributed by atoms with Gasteiger partial charge in [0.1, 0.15) is 0 Å². The van der Waals surface area contributed by atoms with Gasteiger partial charge in [-0.05, 0) is 30.9 Å². The summed E-state index contributed by atoms with van der Waals surface area (Å²) in [6.07, 6.45) is 4.72. The third-order valence-electron chi connectivity index (χ3n) is 5.68. The summed E-state index contributed by atoms with van der Waals surface area (Å²) in [4.78, 5) is 13.9. The quantitative estimate of drug-likeness (QED) is 0.770. The number of sulfonamides is 1. The van der Waals surface area contributed by atoms with Crippen molar-refractivity contribution in [3.63, 3.8) is 0 Å². The molecule has 0 unspecified atom stereocenters. The maximum absolute atomic E-state index is 12.7. The molecule has 2 fully saturated rings. The van der Waals surface area contributed by atoms with Crippen LogP contribution in [-0.2, 0) is 14.8 Å². The number of hydrogen-bond donors (Lipinski definition) is 2. The van der Waals surface area contributed by atoms with Gasteiger partial charge in [0.15, 0.2) is 6.54 Å². The van der Waals surface area contributed by atoms with Crippen LogP contribution in [-0.4, -0.2) is 57.4 Å². The molecule has 144 valence electrons. The van der Waals surface area contributed by atoms with Crippen LogP contribution in [0.3, 0.4) is 0 Å². The molecule has 6 nitrogen and oxygen atoms in total. The van der Waals surface area contributed by atoms with Gasteiger partial charge in [0.25, 0.3) is 5.91 Å². The Bertz CT molecular complexity index is 700. The van der Waals surface area contributed by atoms with E-state index in [1.807, 2.05) is 6.07 Å². The van der Waals surface area contributed by atoms with Crippen LogP contribution >= 0.6 is 0 Å². The Morgan fingerprint density at radius 2 is 1.81 bits per heavy atom. The van der Waals surface area contributed by atoms with Crippen LogP contribution in [0, 0.1) is 5.92 Å². The molecule has 1 amide bonds. The topological polar surface area (TPSA) is 70.9 Å². The number of amides is 1. The molecule has 1 aromatic rings. The van der Waals surface area contributed by atoms with Crippen molar-refractivity contribution < 1.29 is 18.1 Å². The zero-order valence-corrected chi connectivity index (χ0v) is 16.3. The lowest BCUT2D eigenvalue weighted by Crippen LogP contribution is -3.15. The number of carbonyl (C=O) groups is 1. The first-order valence-corrected chi connectivity index (χ1v) is 11.1. The van der Waals surface area contributed by atoms with E-state index >= 15 is 0 Å². The highest BCUT2D eigenvalue weighted by Gasteiger charge is 2.31. The molecule has 2 N–H and O–H groups in total. The highest BCUT2D eigenvalue weighted by Crippen LogP contribution is 2.23. The van der Waals surface area contributed by atoms with E-state index in [0.29, 0.717) is 49.6 Å². The van der Waals surface area contributed by atoms with Gasteiger partial charge >= 0.3 is 0 Å². The lowest BCUT2D eigenvalue weighted by molar-refractivity contribution is -0.895. The van der Waals surface area contributed by atoms with E-state index < -0.39 is 10.0 Å². The van der Waals surface area contributed by atoms with Crippen molar-refractivity contribution in [3.05, 3.63) is 30.3 Å². The molecule has 3 rings (SSSR count). The fourth-order valence-electron chi connectivity index (χ4n) is 3.98. The van der Waals surface area contributed by atoms with Crippen LogP contribution in [0.2, 0.25) is 0 Å². The SMILES string of the molecule is C[C@H]1CCCC[C@H]1NC(=O)C[NH+]1CCN(S(=O)(=O)c2ccccc2)CC1. The summed E-state index contributed by atoms with van der Waals surface area (Å²) < 4.78 is 26.8. The molecular formula is C19H30N3O3S+. The van der Waals surface area contributed by atoms with Gasteiger partial charge in [0.05, 0.1) is 31.1 Å². The van der Waals surface area contributed by atoms with Crippen molar-refractivity contribution in [2.45, 2.75) is 43.5 Å². The molecule has 7 heteroatoms. The number of quaternary nitrogens is 1. The third kappa shape index (κ3) is 4.64. The Hall–Kier alpha value is -1.44. The second-order valence-electron chi connectivity index (χ2n) is 7.58. The molecule has 1 aliphatic heterocycles. The molecule has 1 saturated carbocycles. The highest BCUT2D eigenvalue weighted by atomic mass is 32.2. The number of benzene rings is 1. The van der Waals surface area contributed by atoms with Crippen LogP contribution in [0.1, 0.15) is 32.6 Å². The van der Waals surface area contributed by atoms with Crippen molar-refractivity contribution in [2.75, 3.05) is 32.7 Å². The van der Waals surface area contributed by atoms with Crippen LogP contribution in [0.4, 0.5) is 0 Å². The van der Waals surface area contributed by atoms with E-state index in [4.69, 9.17) is 0 Å². The molecule has 0 bridgehead atoms. The largest absolute Gasteiger partial charge is 0.348 e. The standard InChI is InChI=1S/C19H29N3O3S/c1-16-7-5-6-10-18(16)20-19(23)15-21-11-13-22(14-12-21)26(24,25)17-8-3-2-4-9-17/h2-4,8-9,16,18H,5-7,10-15H2,1H3,(H,20,23)/p+1/t16-,18+/m0/s1. The van der Waals surface area contributed by atoms with Crippen LogP contribution in [0.5, 0.6) is 0 Å². The van der Waals surface area contributed by atoms with Gasteiger partial charge < -0.3 is 10.2 Å². The molecule has 0 radical (unpaired) electrons. The number of rotatable bonds is 5. The zero-order valence-electron chi connectivity index (χ0n) is 15.5. The van der Waals surface area contributed by atoms with Gasteiger partial charge in [-0.2, -0.15) is 4.31 Å². The minimum Gasteiger partial charge on any atom is -0.348 e. The Morgan fingerprint density at radius 3 is 2.46 bits per heavy atom. The first-order chi connectivity index (χ1) is 12.5. The summed E-state index contributed by atoms with van der Waals surface area (Å²) in [5.74, 6) is 0.647. The predicted molar refractivity (Wildman–Crippen MR) is 100 cm³/mol. The Morgan fingerprint density at radius 1 is 1.15 bits per heavy atom. The monoisotopic (exact) mass is 380 g/mol. The van der Waals surface area contributed by atoms with Crippen molar-refractivity contribution in [3.8, 4) is 0 Å². The molecule has 1 heterocycles. The van der Waals surface area contributed by atoms with Gasteiger partial charge in [-0.15, -0.1) is 0 Å². The summed E-state index contributed by atoms with van der Waals surface area (Å²) in [5, 5.41) is 3.19. The maximum atomic E-state index is 12.7. The molecular weight excluding hydrogens is 350 g/mol. The van der Waals surface area contributed by atoms with Gasteiger partial charge in [0, 0.05) is 6.04 Å². The van der Waals surface area contributed by atoms with Crippen molar-refractivity contribution in [2.24, 2.45) is 5.92 Å². The van der Waals surface area contributed by atoms with Crippen molar-refractivity contribution in [1.82, 2.24) is 9.62 Å². The lowest BCUT2D eigenvalue weighted by Gasteiger charge is -2.33. The fraction of sp³-hybridized carbons (Fsp3) is 0.632. The zero-order chi connectivity index (χ0) is 18.6. The number of piperazine rings is 1. The van der Waals surface area contributed by atoms with E-state index in [1.165, 1.54) is 23.6 Å². The average molecular weight is 381 g/mol. The summed E-state index contributed by atoms with van der Waals surface area (Å²) in [6.45, 7) is 4.89. The molecule has 0 aromatic heterocycles. The molecule has 2 aliphatic rings. The summed E-state index contributed by atoms with van der Waals surface area (Å²) in [5.41, 5.74) is 0. The first kappa shape index (κ1) is 19.3. The van der Waals surface area contributed by atoms with E-state index in [-0.39, 0.29) is 5.91 Å². The fourth-order valence-corrected chi connectivity index (χ4v) is 5.44. The third-order valence-corrected chi connectivity index (χ3v) is 7.59. The van der Waals surface area contributed by atoms with E-state index in [9.17, 15) is 13.2 Å². The number of carbonyl (C=O) groups excluding carboxylic acids is 1. The number of nitrogens with zero attached hydrogens (tertiary/aromatic N) is 1. The molecule has 1 aliphatic carbocycles. The van der Waals surface area contributed by atoms with Crippen LogP contribution in [0.25, 0.3) is 0 Å². The molecule has 1 saturated heterocycles. The Kier molecular flexibility index (Phi) is 6.32. The van der Waals surface area contributed by atoms with E-state index in [1.54, 1.807) is 24.3 Å². The van der Waals surface area contributed by atoms with Crippen molar-refractivity contribution in [1.29, 1.82) is 0 Å². The Balaban J connectivity index is 1.48. The van der Waals surface area contributed by atoms with Gasteiger partial charge in [0.2, 0.25) is 10.0 Å². The number of hydrogen-bond acceptors (Lipinski definition) is 3. The van der Waals surface area contributed by atoms with Gasteiger partial charge in [-0.25, -0.2) is 8.42 Å². The first-order valence-electron chi connectivity index (χ1n) is 9.65. The van der Waals surface area contributed by atoms with Crippen LogP contribution < -0.4 is 10.2 Å². The highest BCUT2D eigenvalue weighted by molar-refractivity contribution is 7.89.